The third-order valence-corrected chi connectivity index (χ3v) is 4.40. The zero-order chi connectivity index (χ0) is 17.5. The molecule has 0 unspecified atom stereocenters. The second kappa shape index (κ2) is 5.87. The maximum absolute atomic E-state index is 14.1. The Balaban J connectivity index is 1.96. The van der Waals surface area contributed by atoms with E-state index in [1.165, 1.54) is 6.92 Å². The van der Waals surface area contributed by atoms with Gasteiger partial charge < -0.3 is 5.32 Å². The van der Waals surface area contributed by atoms with Crippen LogP contribution in [0, 0.1) is 11.6 Å². The number of nitrogens with one attached hydrogen (secondary N) is 1. The van der Waals surface area contributed by atoms with E-state index in [9.17, 15) is 18.4 Å². The summed E-state index contributed by atoms with van der Waals surface area (Å²) in [6, 6.07) is 8.87. The fourth-order valence-corrected chi connectivity index (χ4v) is 2.90. The summed E-state index contributed by atoms with van der Waals surface area (Å²) in [4.78, 5) is 25.9. The molecule has 2 aromatic carbocycles. The van der Waals surface area contributed by atoms with Crippen LogP contribution in [0.15, 0.2) is 42.5 Å². The van der Waals surface area contributed by atoms with Crippen molar-refractivity contribution in [2.24, 2.45) is 0 Å². The third-order valence-electron chi connectivity index (χ3n) is 4.03. The summed E-state index contributed by atoms with van der Waals surface area (Å²) in [5.41, 5.74) is -1.32. The molecule has 0 aromatic heterocycles. The van der Waals surface area contributed by atoms with Crippen LogP contribution < -0.4 is 5.32 Å². The quantitative estimate of drug-likeness (QED) is 0.860. The monoisotopic (exact) mass is 350 g/mol. The Morgan fingerprint density at radius 2 is 1.88 bits per heavy atom. The van der Waals surface area contributed by atoms with Crippen molar-refractivity contribution in [1.29, 1.82) is 0 Å². The molecule has 1 atom stereocenters. The van der Waals surface area contributed by atoms with E-state index in [1.54, 1.807) is 24.3 Å². The van der Waals surface area contributed by atoms with Gasteiger partial charge >= 0.3 is 6.03 Å². The highest BCUT2D eigenvalue weighted by Gasteiger charge is 2.50. The van der Waals surface area contributed by atoms with Crippen LogP contribution in [0.3, 0.4) is 0 Å². The summed E-state index contributed by atoms with van der Waals surface area (Å²) in [5.74, 6) is -2.14. The van der Waals surface area contributed by atoms with Crippen LogP contribution in [0.4, 0.5) is 13.6 Å². The van der Waals surface area contributed by atoms with Gasteiger partial charge in [-0.2, -0.15) is 0 Å². The molecule has 0 spiro atoms. The number of rotatable bonds is 3. The molecule has 3 amide bonds. The molecule has 1 fully saturated rings. The molecule has 3 rings (SSSR count). The lowest BCUT2D eigenvalue weighted by molar-refractivity contribution is -0.131. The van der Waals surface area contributed by atoms with Gasteiger partial charge in [-0.25, -0.2) is 13.6 Å². The zero-order valence-electron chi connectivity index (χ0n) is 12.6. The van der Waals surface area contributed by atoms with E-state index in [4.69, 9.17) is 11.6 Å². The fraction of sp³-hybridized carbons (Fsp3) is 0.176. The second-order valence-corrected chi connectivity index (χ2v) is 6.07. The first kappa shape index (κ1) is 16.4. The number of urea groups is 1. The smallest absolute Gasteiger partial charge is 0.319 e. The third kappa shape index (κ3) is 2.63. The molecule has 0 radical (unpaired) electrons. The van der Waals surface area contributed by atoms with Crippen molar-refractivity contribution in [3.8, 4) is 0 Å². The van der Waals surface area contributed by atoms with Crippen molar-refractivity contribution >= 4 is 23.5 Å². The average Bonchev–Trinajstić information content (AvgIpc) is 2.76. The number of carbonyl (C=O) groups excluding carboxylic acids is 2. The van der Waals surface area contributed by atoms with E-state index in [0.717, 1.165) is 23.1 Å². The summed E-state index contributed by atoms with van der Waals surface area (Å²) in [6.45, 7) is 1.29. The summed E-state index contributed by atoms with van der Waals surface area (Å²) < 4.78 is 27.5. The number of hydrogen-bond acceptors (Lipinski definition) is 2. The minimum Gasteiger partial charge on any atom is -0.319 e. The number of nitrogens with zero attached hydrogens (tertiary/aromatic N) is 1. The Kier molecular flexibility index (Phi) is 4.01. The average molecular weight is 351 g/mol. The maximum Gasteiger partial charge on any atom is 0.325 e. The molecular weight excluding hydrogens is 338 g/mol. The SMILES string of the molecule is C[C@@]1(c2cc(F)ccc2F)NC(=O)N(Cc2ccccc2Cl)C1=O. The minimum absolute atomic E-state index is 0.0587. The molecule has 1 saturated heterocycles. The Labute approximate surface area is 142 Å². The molecule has 124 valence electrons. The predicted molar refractivity (Wildman–Crippen MR) is 84.2 cm³/mol. The number of hydrogen-bond donors (Lipinski definition) is 1. The molecule has 2 aromatic rings. The standard InChI is InChI=1S/C17H13ClF2N2O2/c1-17(12-8-11(19)6-7-14(12)20)15(23)22(16(24)21-17)9-10-4-2-3-5-13(10)18/h2-8H,9H2,1H3,(H,21,24)/t17-/m0/s1. The zero-order valence-corrected chi connectivity index (χ0v) is 13.4. The van der Waals surface area contributed by atoms with Crippen LogP contribution in [-0.4, -0.2) is 16.8 Å². The largest absolute Gasteiger partial charge is 0.325 e. The van der Waals surface area contributed by atoms with Gasteiger partial charge in [-0.3, -0.25) is 9.69 Å². The van der Waals surface area contributed by atoms with Gasteiger partial charge in [0.1, 0.15) is 17.2 Å². The molecule has 1 aliphatic rings. The Hall–Kier alpha value is -2.47. The van der Waals surface area contributed by atoms with Gasteiger partial charge in [0.2, 0.25) is 0 Å². The maximum atomic E-state index is 14.1. The predicted octanol–water partition coefficient (Wildman–Crippen LogP) is 3.59. The first-order valence-electron chi connectivity index (χ1n) is 7.16. The van der Waals surface area contributed by atoms with E-state index in [1.807, 2.05) is 0 Å². The molecule has 0 aliphatic carbocycles. The number of imide groups is 1. The van der Waals surface area contributed by atoms with Crippen molar-refractivity contribution in [3.05, 3.63) is 70.2 Å². The molecule has 0 bridgehead atoms. The highest BCUT2D eigenvalue weighted by Crippen LogP contribution is 2.32. The molecule has 1 N–H and O–H groups in total. The van der Waals surface area contributed by atoms with E-state index in [-0.39, 0.29) is 12.1 Å². The van der Waals surface area contributed by atoms with Crippen molar-refractivity contribution in [2.75, 3.05) is 0 Å². The highest BCUT2D eigenvalue weighted by atomic mass is 35.5. The molecule has 1 aliphatic heterocycles. The Morgan fingerprint density at radius 3 is 2.58 bits per heavy atom. The number of benzene rings is 2. The number of amides is 3. The second-order valence-electron chi connectivity index (χ2n) is 5.66. The van der Waals surface area contributed by atoms with E-state index in [2.05, 4.69) is 5.32 Å². The molecule has 0 saturated carbocycles. The van der Waals surface area contributed by atoms with Gasteiger partial charge in [-0.1, -0.05) is 29.8 Å². The topological polar surface area (TPSA) is 49.4 Å². The van der Waals surface area contributed by atoms with Crippen LogP contribution in [0.5, 0.6) is 0 Å². The van der Waals surface area contributed by atoms with Crippen LogP contribution in [-0.2, 0) is 16.9 Å². The lowest BCUT2D eigenvalue weighted by Gasteiger charge is -2.23. The first-order valence-corrected chi connectivity index (χ1v) is 7.54. The van der Waals surface area contributed by atoms with Crippen molar-refractivity contribution in [1.82, 2.24) is 10.2 Å². The van der Waals surface area contributed by atoms with Crippen LogP contribution in [0.25, 0.3) is 0 Å². The van der Waals surface area contributed by atoms with Crippen molar-refractivity contribution in [3.63, 3.8) is 0 Å². The molecular formula is C17H13ClF2N2O2. The van der Waals surface area contributed by atoms with Gasteiger partial charge in [0.15, 0.2) is 0 Å². The molecule has 1 heterocycles. The molecule has 7 heteroatoms. The number of halogens is 3. The summed E-state index contributed by atoms with van der Waals surface area (Å²) >= 11 is 6.05. The van der Waals surface area contributed by atoms with Crippen LogP contribution in [0.2, 0.25) is 5.02 Å². The van der Waals surface area contributed by atoms with Crippen molar-refractivity contribution < 1.29 is 18.4 Å². The minimum atomic E-state index is -1.68. The summed E-state index contributed by atoms with van der Waals surface area (Å²) in [6.07, 6.45) is 0. The fourth-order valence-electron chi connectivity index (χ4n) is 2.70. The van der Waals surface area contributed by atoms with E-state index < -0.39 is 29.1 Å². The number of carbonyl (C=O) groups is 2. The van der Waals surface area contributed by atoms with Gasteiger partial charge in [-0.15, -0.1) is 0 Å². The molecule has 4 nitrogen and oxygen atoms in total. The highest BCUT2D eigenvalue weighted by molar-refractivity contribution is 6.31. The Bertz CT molecular complexity index is 843. The summed E-state index contributed by atoms with van der Waals surface area (Å²) in [7, 11) is 0. The van der Waals surface area contributed by atoms with Crippen LogP contribution in [0.1, 0.15) is 18.1 Å². The lowest BCUT2D eigenvalue weighted by Crippen LogP contribution is -2.41. The van der Waals surface area contributed by atoms with Gasteiger partial charge in [0.05, 0.1) is 6.54 Å². The van der Waals surface area contributed by atoms with Gasteiger partial charge in [0.25, 0.3) is 5.91 Å². The van der Waals surface area contributed by atoms with E-state index >= 15 is 0 Å². The van der Waals surface area contributed by atoms with E-state index in [0.29, 0.717) is 10.6 Å². The Morgan fingerprint density at radius 1 is 1.17 bits per heavy atom. The van der Waals surface area contributed by atoms with Crippen molar-refractivity contribution in [2.45, 2.75) is 19.0 Å². The van der Waals surface area contributed by atoms with Crippen LogP contribution >= 0.6 is 11.6 Å². The van der Waals surface area contributed by atoms with Gasteiger partial charge in [-0.05, 0) is 36.8 Å². The van der Waals surface area contributed by atoms with Gasteiger partial charge in [0, 0.05) is 10.6 Å². The summed E-state index contributed by atoms with van der Waals surface area (Å²) in [5, 5.41) is 2.85. The lowest BCUT2D eigenvalue weighted by atomic mass is 9.91. The normalized spacial score (nSPS) is 20.4. The molecule has 24 heavy (non-hydrogen) atoms. The first-order chi connectivity index (χ1) is 11.3.